The van der Waals surface area contributed by atoms with E-state index in [1.807, 2.05) is 0 Å². The van der Waals surface area contributed by atoms with Gasteiger partial charge in [0, 0.05) is 23.7 Å². The van der Waals surface area contributed by atoms with Gasteiger partial charge in [0.25, 0.3) is 0 Å². The summed E-state index contributed by atoms with van der Waals surface area (Å²) >= 11 is 12.3. The fourth-order valence-corrected chi connectivity index (χ4v) is 2.92. The van der Waals surface area contributed by atoms with Crippen molar-refractivity contribution < 1.29 is 9.47 Å². The van der Waals surface area contributed by atoms with Gasteiger partial charge >= 0.3 is 0 Å². The average Bonchev–Trinajstić information content (AvgIpc) is 2.91. The fraction of sp³-hybridized carbons (Fsp3) is 0.571. The monoisotopic (exact) mass is 303 g/mol. The van der Waals surface area contributed by atoms with Crippen molar-refractivity contribution in [1.29, 1.82) is 0 Å². The van der Waals surface area contributed by atoms with Gasteiger partial charge in [-0.25, -0.2) is 0 Å². The Kier molecular flexibility index (Phi) is 5.34. The van der Waals surface area contributed by atoms with Crippen LogP contribution in [0, 0.1) is 0 Å². The SMILES string of the molecule is COc1cc(Cl)c(C(N)CCC2CCCO2)cc1Cl. The van der Waals surface area contributed by atoms with Gasteiger partial charge in [0.05, 0.1) is 18.2 Å². The molecule has 1 aromatic rings. The highest BCUT2D eigenvalue weighted by atomic mass is 35.5. The molecule has 2 rings (SSSR count). The number of nitrogens with two attached hydrogens (primary N) is 1. The third-order valence-corrected chi connectivity index (χ3v) is 4.12. The standard InChI is InChI=1S/C14H19Cl2NO2/c1-18-14-8-11(15)10(7-12(14)16)13(17)5-4-9-3-2-6-19-9/h7-9,13H,2-6,17H2,1H3. The first-order chi connectivity index (χ1) is 9.11. The Morgan fingerprint density at radius 1 is 1.42 bits per heavy atom. The second-order valence-electron chi connectivity index (χ2n) is 4.83. The van der Waals surface area contributed by atoms with Gasteiger partial charge in [-0.2, -0.15) is 0 Å². The van der Waals surface area contributed by atoms with E-state index in [1.165, 1.54) is 0 Å². The lowest BCUT2D eigenvalue weighted by molar-refractivity contribution is 0.101. The van der Waals surface area contributed by atoms with Crippen molar-refractivity contribution in [3.05, 3.63) is 27.7 Å². The minimum absolute atomic E-state index is 0.125. The molecular formula is C14H19Cl2NO2. The second kappa shape index (κ2) is 6.80. The van der Waals surface area contributed by atoms with Crippen LogP contribution in [0.1, 0.15) is 37.3 Å². The Morgan fingerprint density at radius 3 is 2.84 bits per heavy atom. The fourth-order valence-electron chi connectivity index (χ4n) is 2.38. The van der Waals surface area contributed by atoms with Crippen LogP contribution in [0.4, 0.5) is 0 Å². The van der Waals surface area contributed by atoms with E-state index in [1.54, 1.807) is 19.2 Å². The van der Waals surface area contributed by atoms with Crippen molar-refractivity contribution in [2.45, 2.75) is 37.8 Å². The molecule has 2 unspecified atom stereocenters. The van der Waals surface area contributed by atoms with Crippen LogP contribution in [0.3, 0.4) is 0 Å². The molecule has 2 atom stereocenters. The van der Waals surface area contributed by atoms with Crippen LogP contribution in [0.25, 0.3) is 0 Å². The lowest BCUT2D eigenvalue weighted by atomic mass is 10.00. The molecule has 19 heavy (non-hydrogen) atoms. The quantitative estimate of drug-likeness (QED) is 0.895. The number of hydrogen-bond donors (Lipinski definition) is 1. The van der Waals surface area contributed by atoms with Crippen molar-refractivity contribution in [3.8, 4) is 5.75 Å². The molecule has 106 valence electrons. The first-order valence-corrected chi connectivity index (χ1v) is 7.27. The summed E-state index contributed by atoms with van der Waals surface area (Å²) in [6.45, 7) is 0.870. The normalized spacial score (nSPS) is 20.5. The maximum atomic E-state index is 6.22. The third kappa shape index (κ3) is 3.76. The van der Waals surface area contributed by atoms with Crippen molar-refractivity contribution in [2.24, 2.45) is 5.73 Å². The van der Waals surface area contributed by atoms with Crippen LogP contribution in [0.5, 0.6) is 5.75 Å². The largest absolute Gasteiger partial charge is 0.495 e. The van der Waals surface area contributed by atoms with Crippen LogP contribution in [-0.2, 0) is 4.74 Å². The zero-order valence-electron chi connectivity index (χ0n) is 11.0. The first kappa shape index (κ1) is 14.9. The smallest absolute Gasteiger partial charge is 0.138 e. The average molecular weight is 304 g/mol. The zero-order chi connectivity index (χ0) is 13.8. The van der Waals surface area contributed by atoms with Crippen LogP contribution in [0.2, 0.25) is 10.0 Å². The molecule has 0 amide bonds. The number of rotatable bonds is 5. The highest BCUT2D eigenvalue weighted by molar-refractivity contribution is 6.34. The van der Waals surface area contributed by atoms with Crippen molar-refractivity contribution in [2.75, 3.05) is 13.7 Å². The van der Waals surface area contributed by atoms with E-state index >= 15 is 0 Å². The van der Waals surface area contributed by atoms with Gasteiger partial charge < -0.3 is 15.2 Å². The van der Waals surface area contributed by atoms with Gasteiger partial charge in [0.1, 0.15) is 5.75 Å². The number of ether oxygens (including phenoxy) is 2. The van der Waals surface area contributed by atoms with Crippen LogP contribution in [0.15, 0.2) is 12.1 Å². The highest BCUT2D eigenvalue weighted by Crippen LogP contribution is 2.35. The molecule has 1 heterocycles. The predicted molar refractivity (Wildman–Crippen MR) is 78.2 cm³/mol. The molecule has 3 nitrogen and oxygen atoms in total. The summed E-state index contributed by atoms with van der Waals surface area (Å²) in [6.07, 6.45) is 4.42. The molecule has 0 saturated carbocycles. The topological polar surface area (TPSA) is 44.5 Å². The second-order valence-corrected chi connectivity index (χ2v) is 5.64. The van der Waals surface area contributed by atoms with Crippen LogP contribution in [-0.4, -0.2) is 19.8 Å². The molecule has 1 saturated heterocycles. The number of hydrogen-bond acceptors (Lipinski definition) is 3. The molecule has 0 aromatic heterocycles. The lowest BCUT2D eigenvalue weighted by Crippen LogP contribution is -2.15. The van der Waals surface area contributed by atoms with E-state index in [-0.39, 0.29) is 6.04 Å². The molecule has 1 aliphatic heterocycles. The summed E-state index contributed by atoms with van der Waals surface area (Å²) in [5.74, 6) is 0.571. The third-order valence-electron chi connectivity index (χ3n) is 3.49. The maximum absolute atomic E-state index is 6.22. The lowest BCUT2D eigenvalue weighted by Gasteiger charge is -2.17. The molecule has 2 N–H and O–H groups in total. The minimum atomic E-state index is -0.125. The molecule has 0 aliphatic carbocycles. The van der Waals surface area contributed by atoms with E-state index in [9.17, 15) is 0 Å². The van der Waals surface area contributed by atoms with Gasteiger partial charge in [0.2, 0.25) is 0 Å². The molecule has 0 radical (unpaired) electrons. The van der Waals surface area contributed by atoms with Gasteiger partial charge in [0.15, 0.2) is 0 Å². The summed E-state index contributed by atoms with van der Waals surface area (Å²) in [5.41, 5.74) is 7.06. The Balaban J connectivity index is 2.01. The highest BCUT2D eigenvalue weighted by Gasteiger charge is 2.19. The summed E-state index contributed by atoms with van der Waals surface area (Å²) in [7, 11) is 1.56. The van der Waals surface area contributed by atoms with Crippen molar-refractivity contribution >= 4 is 23.2 Å². The molecule has 1 aliphatic rings. The summed E-state index contributed by atoms with van der Waals surface area (Å²) < 4.78 is 10.7. The maximum Gasteiger partial charge on any atom is 0.138 e. The Labute approximate surface area is 124 Å². The van der Waals surface area contributed by atoms with Gasteiger partial charge in [-0.05, 0) is 37.3 Å². The zero-order valence-corrected chi connectivity index (χ0v) is 12.5. The molecular weight excluding hydrogens is 285 g/mol. The van der Waals surface area contributed by atoms with Gasteiger partial charge in [-0.15, -0.1) is 0 Å². The van der Waals surface area contributed by atoms with Crippen molar-refractivity contribution in [1.82, 2.24) is 0 Å². The van der Waals surface area contributed by atoms with E-state index < -0.39 is 0 Å². The predicted octanol–water partition coefficient (Wildman–Crippen LogP) is 3.96. The van der Waals surface area contributed by atoms with Gasteiger partial charge in [-0.3, -0.25) is 0 Å². The molecule has 5 heteroatoms. The minimum Gasteiger partial charge on any atom is -0.495 e. The van der Waals surface area contributed by atoms with E-state index in [0.717, 1.165) is 37.9 Å². The van der Waals surface area contributed by atoms with Crippen molar-refractivity contribution in [3.63, 3.8) is 0 Å². The Bertz CT molecular complexity index is 434. The van der Waals surface area contributed by atoms with Crippen LogP contribution < -0.4 is 10.5 Å². The number of methoxy groups -OCH3 is 1. The number of benzene rings is 1. The molecule has 1 fully saturated rings. The summed E-state index contributed by atoms with van der Waals surface area (Å²) in [4.78, 5) is 0. The first-order valence-electron chi connectivity index (χ1n) is 6.52. The molecule has 1 aromatic carbocycles. The Hall–Kier alpha value is -0.480. The van der Waals surface area contributed by atoms with Crippen LogP contribution >= 0.6 is 23.2 Å². The molecule has 0 spiro atoms. The molecule has 0 bridgehead atoms. The van der Waals surface area contributed by atoms with E-state index in [0.29, 0.717) is 21.9 Å². The Morgan fingerprint density at radius 2 is 2.21 bits per heavy atom. The summed E-state index contributed by atoms with van der Waals surface area (Å²) in [5, 5.41) is 1.13. The number of halogens is 2. The summed E-state index contributed by atoms with van der Waals surface area (Å²) in [6, 6.07) is 3.38. The van der Waals surface area contributed by atoms with E-state index in [2.05, 4.69) is 0 Å². The van der Waals surface area contributed by atoms with Gasteiger partial charge in [-0.1, -0.05) is 23.2 Å². The van der Waals surface area contributed by atoms with E-state index in [4.69, 9.17) is 38.4 Å².